The maximum atomic E-state index is 10.7. The van der Waals surface area contributed by atoms with E-state index < -0.39 is 5.97 Å². The molecule has 74 valence electrons. The van der Waals surface area contributed by atoms with Gasteiger partial charge in [0.25, 0.3) is 0 Å². The molecule has 0 bridgehead atoms. The van der Waals surface area contributed by atoms with Gasteiger partial charge in [-0.1, -0.05) is 45.8 Å². The number of aryl methyl sites for hydroxylation is 1. The van der Waals surface area contributed by atoms with E-state index >= 15 is 0 Å². The fourth-order valence-corrected chi connectivity index (χ4v) is 1.42. The molecular weight excluding hydrogens is 244 g/mol. The molecule has 0 aliphatic rings. The summed E-state index contributed by atoms with van der Waals surface area (Å²) < 4.78 is 0. The molecule has 0 saturated heterocycles. The Labute approximate surface area is 91.4 Å². The van der Waals surface area contributed by atoms with Gasteiger partial charge in [-0.15, -0.1) is 0 Å². The first-order valence-corrected chi connectivity index (χ1v) is 5.32. The Balaban J connectivity index is 2.95. The van der Waals surface area contributed by atoms with Gasteiger partial charge in [0.05, 0.1) is 0 Å². The highest BCUT2D eigenvalue weighted by Gasteiger charge is 2.04. The molecule has 0 saturated carbocycles. The van der Waals surface area contributed by atoms with Crippen LogP contribution in [0.5, 0.6) is 0 Å². The van der Waals surface area contributed by atoms with E-state index in [1.165, 1.54) is 0 Å². The van der Waals surface area contributed by atoms with Crippen LogP contribution in [0.25, 0.3) is 6.08 Å². The summed E-state index contributed by atoms with van der Waals surface area (Å²) in [5, 5.41) is 9.15. The zero-order valence-corrected chi connectivity index (χ0v) is 9.41. The predicted molar refractivity (Wildman–Crippen MR) is 60.6 cm³/mol. The van der Waals surface area contributed by atoms with E-state index in [0.29, 0.717) is 10.9 Å². The lowest BCUT2D eigenvalue weighted by Gasteiger charge is -1.98. The molecule has 2 nitrogen and oxygen atoms in total. The van der Waals surface area contributed by atoms with Gasteiger partial charge in [0.1, 0.15) is 0 Å². The number of halogens is 1. The molecule has 0 atom stereocenters. The largest absolute Gasteiger partial charge is 0.478 e. The molecule has 0 aliphatic carbocycles. The van der Waals surface area contributed by atoms with Crippen LogP contribution in [0.4, 0.5) is 0 Å². The fourth-order valence-electron chi connectivity index (χ4n) is 1.02. The molecule has 0 amide bonds. The normalized spacial score (nSPS) is 11.4. The van der Waals surface area contributed by atoms with Gasteiger partial charge in [0.15, 0.2) is 0 Å². The molecule has 1 aromatic carbocycles. The van der Waals surface area contributed by atoms with Gasteiger partial charge in [0, 0.05) is 10.9 Å². The van der Waals surface area contributed by atoms with Gasteiger partial charge < -0.3 is 5.11 Å². The average molecular weight is 255 g/mol. The summed E-state index contributed by atoms with van der Waals surface area (Å²) in [5.74, 6) is -0.887. The Bertz CT molecular complexity index is 352. The minimum absolute atomic E-state index is 0.355. The van der Waals surface area contributed by atoms with E-state index in [9.17, 15) is 4.79 Å². The van der Waals surface area contributed by atoms with Crippen molar-refractivity contribution in [3.63, 3.8) is 0 Å². The van der Waals surface area contributed by atoms with E-state index in [1.54, 1.807) is 6.08 Å². The van der Waals surface area contributed by atoms with E-state index in [-0.39, 0.29) is 0 Å². The average Bonchev–Trinajstić information content (AvgIpc) is 2.16. The lowest BCUT2D eigenvalue weighted by atomic mass is 10.1. The third kappa shape index (κ3) is 3.00. The van der Waals surface area contributed by atoms with E-state index in [4.69, 9.17) is 5.11 Å². The van der Waals surface area contributed by atoms with Crippen molar-refractivity contribution in [2.75, 3.05) is 5.33 Å². The van der Waals surface area contributed by atoms with Gasteiger partial charge in [-0.05, 0) is 18.6 Å². The van der Waals surface area contributed by atoms with Gasteiger partial charge >= 0.3 is 5.97 Å². The summed E-state index contributed by atoms with van der Waals surface area (Å²) in [6.45, 7) is 2.00. The van der Waals surface area contributed by atoms with Crippen molar-refractivity contribution in [3.8, 4) is 0 Å². The predicted octanol–water partition coefficient (Wildman–Crippen LogP) is 2.86. The first kappa shape index (κ1) is 11.0. The highest BCUT2D eigenvalue weighted by atomic mass is 79.9. The second-order valence-corrected chi connectivity index (χ2v) is 3.58. The standard InChI is InChI=1S/C11H11BrO2/c1-8-2-4-9(5-3-8)6-10(7-12)11(13)14/h2-6H,7H2,1H3,(H,13,14)/b10-6-. The molecular formula is C11H11BrO2. The Hall–Kier alpha value is -1.09. The van der Waals surface area contributed by atoms with E-state index in [1.807, 2.05) is 31.2 Å². The molecule has 1 N–H and O–H groups in total. The quantitative estimate of drug-likeness (QED) is 0.666. The number of hydrogen-bond donors (Lipinski definition) is 1. The van der Waals surface area contributed by atoms with Crippen molar-refractivity contribution in [2.24, 2.45) is 0 Å². The fraction of sp³-hybridized carbons (Fsp3) is 0.182. The van der Waals surface area contributed by atoms with Crippen molar-refractivity contribution in [1.29, 1.82) is 0 Å². The van der Waals surface area contributed by atoms with Crippen LogP contribution < -0.4 is 0 Å². The van der Waals surface area contributed by atoms with Crippen LogP contribution in [0.3, 0.4) is 0 Å². The van der Waals surface area contributed by atoms with Crippen molar-refractivity contribution in [2.45, 2.75) is 6.92 Å². The van der Waals surface area contributed by atoms with Crippen LogP contribution >= 0.6 is 15.9 Å². The third-order valence-corrected chi connectivity index (χ3v) is 2.44. The highest BCUT2D eigenvalue weighted by Crippen LogP contribution is 2.10. The van der Waals surface area contributed by atoms with Crippen molar-refractivity contribution >= 4 is 28.0 Å². The number of benzene rings is 1. The van der Waals surface area contributed by atoms with Crippen LogP contribution in [-0.4, -0.2) is 16.4 Å². The summed E-state index contributed by atoms with van der Waals surface area (Å²) in [6, 6.07) is 7.72. The minimum atomic E-state index is -0.887. The smallest absolute Gasteiger partial charge is 0.332 e. The maximum Gasteiger partial charge on any atom is 0.332 e. The summed E-state index contributed by atoms with van der Waals surface area (Å²) in [6.07, 6.45) is 1.66. The van der Waals surface area contributed by atoms with E-state index in [2.05, 4.69) is 15.9 Å². The molecule has 0 unspecified atom stereocenters. The van der Waals surface area contributed by atoms with Crippen molar-refractivity contribution in [1.82, 2.24) is 0 Å². The van der Waals surface area contributed by atoms with E-state index in [0.717, 1.165) is 11.1 Å². The molecule has 0 fully saturated rings. The molecule has 0 radical (unpaired) electrons. The molecule has 0 aliphatic heterocycles. The SMILES string of the molecule is Cc1ccc(/C=C(/CBr)C(=O)O)cc1. The number of carboxylic acid groups (broad SMARTS) is 1. The van der Waals surface area contributed by atoms with Crippen LogP contribution in [-0.2, 0) is 4.79 Å². The second-order valence-electron chi connectivity index (χ2n) is 3.02. The summed E-state index contributed by atoms with van der Waals surface area (Å²) >= 11 is 3.14. The maximum absolute atomic E-state index is 10.7. The molecule has 0 heterocycles. The van der Waals surface area contributed by atoms with Crippen LogP contribution in [0, 0.1) is 6.92 Å². The number of hydrogen-bond acceptors (Lipinski definition) is 1. The molecule has 3 heteroatoms. The monoisotopic (exact) mass is 254 g/mol. The lowest BCUT2D eigenvalue weighted by Crippen LogP contribution is -2.00. The number of carboxylic acids is 1. The van der Waals surface area contributed by atoms with Crippen molar-refractivity contribution in [3.05, 3.63) is 41.0 Å². The number of alkyl halides is 1. The lowest BCUT2D eigenvalue weighted by molar-refractivity contribution is -0.132. The van der Waals surface area contributed by atoms with Crippen molar-refractivity contribution < 1.29 is 9.90 Å². The Morgan fingerprint density at radius 2 is 2.00 bits per heavy atom. The van der Waals surface area contributed by atoms with Gasteiger partial charge in [0.2, 0.25) is 0 Å². The van der Waals surface area contributed by atoms with Gasteiger partial charge in [-0.3, -0.25) is 0 Å². The first-order valence-electron chi connectivity index (χ1n) is 4.20. The Morgan fingerprint density at radius 1 is 1.43 bits per heavy atom. The highest BCUT2D eigenvalue weighted by molar-refractivity contribution is 9.09. The Morgan fingerprint density at radius 3 is 2.43 bits per heavy atom. The van der Waals surface area contributed by atoms with Crippen LogP contribution in [0.2, 0.25) is 0 Å². The zero-order valence-electron chi connectivity index (χ0n) is 7.83. The molecule has 0 aromatic heterocycles. The summed E-state index contributed by atoms with van der Waals surface area (Å²) in [4.78, 5) is 10.7. The van der Waals surface area contributed by atoms with Gasteiger partial charge in [-0.25, -0.2) is 4.79 Å². The molecule has 1 rings (SSSR count). The molecule has 0 spiro atoms. The molecule has 1 aromatic rings. The summed E-state index contributed by atoms with van der Waals surface area (Å²) in [7, 11) is 0. The van der Waals surface area contributed by atoms with Crippen LogP contribution in [0.15, 0.2) is 29.8 Å². The topological polar surface area (TPSA) is 37.3 Å². The molecule has 14 heavy (non-hydrogen) atoms. The number of rotatable bonds is 3. The third-order valence-electron chi connectivity index (χ3n) is 1.84. The minimum Gasteiger partial charge on any atom is -0.478 e. The van der Waals surface area contributed by atoms with Crippen LogP contribution in [0.1, 0.15) is 11.1 Å². The second kappa shape index (κ2) is 4.96. The zero-order chi connectivity index (χ0) is 10.6. The first-order chi connectivity index (χ1) is 6.63. The number of aliphatic carboxylic acids is 1. The Kier molecular flexibility index (Phi) is 3.89. The van der Waals surface area contributed by atoms with Gasteiger partial charge in [-0.2, -0.15) is 0 Å². The number of carbonyl (C=O) groups is 1. The summed E-state index contributed by atoms with van der Waals surface area (Å²) in [5.41, 5.74) is 2.43.